The number of carbonyl (C=O) groups is 1. The van der Waals surface area contributed by atoms with Crippen molar-refractivity contribution in [2.24, 2.45) is 0 Å². The molecule has 0 spiro atoms. The predicted octanol–water partition coefficient (Wildman–Crippen LogP) is 1.65. The Morgan fingerprint density at radius 1 is 1.56 bits per heavy atom. The summed E-state index contributed by atoms with van der Waals surface area (Å²) in [5.41, 5.74) is 0. The van der Waals surface area contributed by atoms with Crippen LogP contribution in [-0.2, 0) is 9.53 Å². The molecule has 1 aliphatic rings. The van der Waals surface area contributed by atoms with E-state index in [0.29, 0.717) is 19.8 Å². The number of nitrogens with one attached hydrogen (secondary N) is 1. The molecule has 0 bridgehead atoms. The second-order valence-corrected chi connectivity index (χ2v) is 5.33. The van der Waals surface area contributed by atoms with Crippen molar-refractivity contribution in [2.75, 3.05) is 32.8 Å². The summed E-state index contributed by atoms with van der Waals surface area (Å²) < 4.78 is 5.24. The highest BCUT2D eigenvalue weighted by Crippen LogP contribution is 2.21. The maximum atomic E-state index is 12.0. The molecule has 100 valence electrons. The number of ether oxygens (including phenoxy) is 1. The molecule has 1 saturated heterocycles. The second kappa shape index (κ2) is 6.87. The lowest BCUT2D eigenvalue weighted by atomic mass is 10.2. The number of nitrogens with zero attached hydrogens (tertiary/aromatic N) is 1. The molecule has 0 radical (unpaired) electrons. The topological polar surface area (TPSA) is 41.6 Å². The Hall–Kier alpha value is -0.910. The van der Waals surface area contributed by atoms with Gasteiger partial charge in [-0.1, -0.05) is 13.0 Å². The highest BCUT2D eigenvalue weighted by atomic mass is 32.1. The first kappa shape index (κ1) is 13.5. The molecular formula is C13H20N2O2S. The Kier molecular flexibility index (Phi) is 5.16. The monoisotopic (exact) mass is 268 g/mol. The molecule has 1 atom stereocenters. The van der Waals surface area contributed by atoms with Gasteiger partial charge in [-0.15, -0.1) is 11.3 Å². The summed E-state index contributed by atoms with van der Waals surface area (Å²) in [5.74, 6) is 0.174. The number of thiophene rings is 1. The summed E-state index contributed by atoms with van der Waals surface area (Å²) in [7, 11) is 0. The number of rotatable bonds is 5. The lowest BCUT2D eigenvalue weighted by Gasteiger charge is -2.27. The fourth-order valence-corrected chi connectivity index (χ4v) is 2.96. The summed E-state index contributed by atoms with van der Waals surface area (Å²) in [6, 6.07) is 4.45. The SMILES string of the molecule is CCC(NCC(=O)N1CCOCC1)c1cccs1. The van der Waals surface area contributed by atoms with Crippen LogP contribution < -0.4 is 5.32 Å². The molecule has 0 saturated carbocycles. The quantitative estimate of drug-likeness (QED) is 0.883. The van der Waals surface area contributed by atoms with E-state index in [2.05, 4.69) is 23.7 Å². The van der Waals surface area contributed by atoms with Gasteiger partial charge in [0, 0.05) is 24.0 Å². The molecule has 0 aliphatic carbocycles. The van der Waals surface area contributed by atoms with E-state index in [-0.39, 0.29) is 11.9 Å². The zero-order valence-electron chi connectivity index (χ0n) is 10.7. The van der Waals surface area contributed by atoms with Crippen LogP contribution in [0.3, 0.4) is 0 Å². The summed E-state index contributed by atoms with van der Waals surface area (Å²) in [4.78, 5) is 15.2. The number of morpholine rings is 1. The fraction of sp³-hybridized carbons (Fsp3) is 0.615. The van der Waals surface area contributed by atoms with Crippen LogP contribution in [-0.4, -0.2) is 43.7 Å². The highest BCUT2D eigenvalue weighted by Gasteiger charge is 2.18. The zero-order valence-corrected chi connectivity index (χ0v) is 11.5. The first-order chi connectivity index (χ1) is 8.81. The van der Waals surface area contributed by atoms with E-state index in [1.807, 2.05) is 11.0 Å². The minimum atomic E-state index is 0.174. The number of carbonyl (C=O) groups excluding carboxylic acids is 1. The van der Waals surface area contributed by atoms with E-state index >= 15 is 0 Å². The van der Waals surface area contributed by atoms with Gasteiger partial charge < -0.3 is 15.0 Å². The minimum Gasteiger partial charge on any atom is -0.378 e. The average molecular weight is 268 g/mol. The van der Waals surface area contributed by atoms with Gasteiger partial charge in [-0.2, -0.15) is 0 Å². The molecule has 0 aromatic carbocycles. The average Bonchev–Trinajstić information content (AvgIpc) is 2.94. The summed E-state index contributed by atoms with van der Waals surface area (Å²) in [6.45, 7) is 5.31. The van der Waals surface area contributed by atoms with E-state index in [0.717, 1.165) is 19.5 Å². The van der Waals surface area contributed by atoms with Gasteiger partial charge in [-0.05, 0) is 17.9 Å². The maximum absolute atomic E-state index is 12.0. The normalized spacial score (nSPS) is 17.7. The largest absolute Gasteiger partial charge is 0.378 e. The van der Waals surface area contributed by atoms with Gasteiger partial charge in [0.1, 0.15) is 0 Å². The molecule has 5 heteroatoms. The summed E-state index contributed by atoms with van der Waals surface area (Å²) in [5, 5.41) is 5.42. The Morgan fingerprint density at radius 2 is 2.33 bits per heavy atom. The smallest absolute Gasteiger partial charge is 0.236 e. The van der Waals surface area contributed by atoms with Gasteiger partial charge in [0.2, 0.25) is 5.91 Å². The van der Waals surface area contributed by atoms with Gasteiger partial charge in [0.05, 0.1) is 19.8 Å². The van der Waals surface area contributed by atoms with Crippen molar-refractivity contribution >= 4 is 17.2 Å². The molecule has 1 aromatic heterocycles. The molecule has 2 rings (SSSR count). The minimum absolute atomic E-state index is 0.174. The van der Waals surface area contributed by atoms with E-state index in [4.69, 9.17) is 4.74 Å². The molecule has 1 amide bonds. The van der Waals surface area contributed by atoms with Crippen LogP contribution in [0.2, 0.25) is 0 Å². The lowest BCUT2D eigenvalue weighted by Crippen LogP contribution is -2.45. The van der Waals surface area contributed by atoms with E-state index in [1.165, 1.54) is 4.88 Å². The first-order valence-corrected chi connectivity index (χ1v) is 7.31. The van der Waals surface area contributed by atoms with Gasteiger partial charge in [0.25, 0.3) is 0 Å². The van der Waals surface area contributed by atoms with Gasteiger partial charge >= 0.3 is 0 Å². The van der Waals surface area contributed by atoms with Crippen molar-refractivity contribution in [3.63, 3.8) is 0 Å². The molecule has 2 heterocycles. The van der Waals surface area contributed by atoms with Crippen molar-refractivity contribution in [1.29, 1.82) is 0 Å². The van der Waals surface area contributed by atoms with Crippen LogP contribution in [0, 0.1) is 0 Å². The van der Waals surface area contributed by atoms with Crippen molar-refractivity contribution in [2.45, 2.75) is 19.4 Å². The molecule has 1 aromatic rings. The molecule has 4 nitrogen and oxygen atoms in total. The third-order valence-electron chi connectivity index (χ3n) is 3.16. The van der Waals surface area contributed by atoms with Crippen molar-refractivity contribution in [3.8, 4) is 0 Å². The van der Waals surface area contributed by atoms with Crippen LogP contribution >= 0.6 is 11.3 Å². The Labute approximate surface area is 112 Å². The third-order valence-corrected chi connectivity index (χ3v) is 4.14. The van der Waals surface area contributed by atoms with E-state index < -0.39 is 0 Å². The second-order valence-electron chi connectivity index (χ2n) is 4.35. The van der Waals surface area contributed by atoms with Crippen molar-refractivity contribution in [3.05, 3.63) is 22.4 Å². The number of hydrogen-bond donors (Lipinski definition) is 1. The predicted molar refractivity (Wildman–Crippen MR) is 72.8 cm³/mol. The van der Waals surface area contributed by atoms with Crippen LogP contribution in [0.1, 0.15) is 24.3 Å². The highest BCUT2D eigenvalue weighted by molar-refractivity contribution is 7.10. The number of amides is 1. The van der Waals surface area contributed by atoms with Gasteiger partial charge in [-0.25, -0.2) is 0 Å². The molecule has 18 heavy (non-hydrogen) atoms. The fourth-order valence-electron chi connectivity index (χ4n) is 2.07. The third kappa shape index (κ3) is 3.54. The summed E-state index contributed by atoms with van der Waals surface area (Å²) in [6.07, 6.45) is 0.997. The Morgan fingerprint density at radius 3 is 2.94 bits per heavy atom. The number of hydrogen-bond acceptors (Lipinski definition) is 4. The van der Waals surface area contributed by atoms with E-state index in [1.54, 1.807) is 11.3 Å². The van der Waals surface area contributed by atoms with Gasteiger partial charge in [-0.3, -0.25) is 4.79 Å². The molecular weight excluding hydrogens is 248 g/mol. The standard InChI is InChI=1S/C13H20N2O2S/c1-2-11(12-4-3-9-18-12)14-10-13(16)15-5-7-17-8-6-15/h3-4,9,11,14H,2,5-8,10H2,1H3. The Bertz CT molecular complexity index is 361. The summed E-state index contributed by atoms with van der Waals surface area (Å²) >= 11 is 1.74. The molecule has 1 aliphatic heterocycles. The van der Waals surface area contributed by atoms with Crippen LogP contribution in [0.4, 0.5) is 0 Å². The van der Waals surface area contributed by atoms with Crippen molar-refractivity contribution in [1.82, 2.24) is 10.2 Å². The Balaban J connectivity index is 1.80. The van der Waals surface area contributed by atoms with Crippen molar-refractivity contribution < 1.29 is 9.53 Å². The zero-order chi connectivity index (χ0) is 12.8. The van der Waals surface area contributed by atoms with Crippen LogP contribution in [0.25, 0.3) is 0 Å². The van der Waals surface area contributed by atoms with Crippen LogP contribution in [0.5, 0.6) is 0 Å². The van der Waals surface area contributed by atoms with E-state index in [9.17, 15) is 4.79 Å². The van der Waals surface area contributed by atoms with Crippen LogP contribution in [0.15, 0.2) is 17.5 Å². The molecule has 1 fully saturated rings. The van der Waals surface area contributed by atoms with Gasteiger partial charge in [0.15, 0.2) is 0 Å². The first-order valence-electron chi connectivity index (χ1n) is 6.43. The lowest BCUT2D eigenvalue weighted by molar-refractivity contribution is -0.134. The molecule has 1 unspecified atom stereocenters. The molecule has 1 N–H and O–H groups in total. The maximum Gasteiger partial charge on any atom is 0.236 e.